The monoisotopic (exact) mass is 582 g/mol. The summed E-state index contributed by atoms with van der Waals surface area (Å²) in [5.74, 6) is 1.03. The highest BCUT2D eigenvalue weighted by Gasteiger charge is 2.28. The second kappa shape index (κ2) is 11.4. The maximum Gasteiger partial charge on any atom is 0.337 e. The van der Waals surface area contributed by atoms with Crippen LogP contribution in [0.25, 0.3) is 20.9 Å². The molecule has 0 amide bonds. The van der Waals surface area contributed by atoms with E-state index in [1.807, 2.05) is 35.0 Å². The molecule has 0 aliphatic carbocycles. The van der Waals surface area contributed by atoms with Crippen molar-refractivity contribution < 1.29 is 28.5 Å². The molecule has 1 aliphatic rings. The lowest BCUT2D eigenvalue weighted by molar-refractivity contribution is 0.0592. The molecule has 2 aromatic heterocycles. The summed E-state index contributed by atoms with van der Waals surface area (Å²) in [6.07, 6.45) is 0. The molecule has 41 heavy (non-hydrogen) atoms. The molecule has 0 unspecified atom stereocenters. The van der Waals surface area contributed by atoms with Crippen LogP contribution in [-0.4, -0.2) is 32.8 Å². The zero-order chi connectivity index (χ0) is 28.3. The molecular formula is C31H22N2O6S2. The largest absolute Gasteiger partial charge is 0.465 e. The van der Waals surface area contributed by atoms with Crippen LogP contribution in [-0.2, 0) is 9.47 Å². The van der Waals surface area contributed by atoms with Gasteiger partial charge in [0.2, 0.25) is 0 Å². The zero-order valence-electron chi connectivity index (χ0n) is 22.0. The highest BCUT2D eigenvalue weighted by molar-refractivity contribution is 7.14. The lowest BCUT2D eigenvalue weighted by Gasteiger charge is -2.19. The second-order valence-corrected chi connectivity index (χ2v) is 10.6. The van der Waals surface area contributed by atoms with E-state index in [1.54, 1.807) is 71.2 Å². The van der Waals surface area contributed by atoms with Crippen LogP contribution in [0.4, 0.5) is 0 Å². The second-order valence-electron chi connectivity index (χ2n) is 8.75. The van der Waals surface area contributed by atoms with Gasteiger partial charge in [-0.2, -0.15) is 0 Å². The molecule has 0 atom stereocenters. The normalized spacial score (nSPS) is 11.7. The molecule has 3 aromatic carbocycles. The van der Waals surface area contributed by atoms with E-state index in [9.17, 15) is 9.59 Å². The van der Waals surface area contributed by atoms with Crippen molar-refractivity contribution in [3.63, 3.8) is 0 Å². The van der Waals surface area contributed by atoms with E-state index in [0.29, 0.717) is 34.1 Å². The van der Waals surface area contributed by atoms with Crippen LogP contribution in [0.15, 0.2) is 93.5 Å². The Morgan fingerprint density at radius 2 is 1.05 bits per heavy atom. The number of benzene rings is 3. The van der Waals surface area contributed by atoms with Gasteiger partial charge in [0, 0.05) is 9.75 Å². The van der Waals surface area contributed by atoms with E-state index < -0.39 is 11.9 Å². The summed E-state index contributed by atoms with van der Waals surface area (Å²) in [6.45, 7) is 0.288. The fourth-order valence-electron chi connectivity index (χ4n) is 4.45. The maximum atomic E-state index is 12.0. The Labute approximate surface area is 242 Å². The van der Waals surface area contributed by atoms with Gasteiger partial charge in [-0.3, -0.25) is 9.98 Å². The predicted octanol–water partition coefficient (Wildman–Crippen LogP) is 6.51. The standard InChI is InChI=1S/C31H22N2O6S2/c1-36-30(34)18-7-11-20(12-8-18)38-28-24(22-5-3-15-40-22)26-27(33-17-32-26)25(23-6-4-16-41-23)29(28)39-21-13-9-19(10-14-21)31(35)37-2/h3-16H,17H2,1-2H3. The lowest BCUT2D eigenvalue weighted by Crippen LogP contribution is -2.27. The van der Waals surface area contributed by atoms with Crippen LogP contribution in [0.5, 0.6) is 23.0 Å². The minimum atomic E-state index is -0.437. The van der Waals surface area contributed by atoms with E-state index in [2.05, 4.69) is 0 Å². The van der Waals surface area contributed by atoms with Gasteiger partial charge in [-0.15, -0.1) is 22.7 Å². The van der Waals surface area contributed by atoms with Crippen molar-refractivity contribution in [3.8, 4) is 43.9 Å². The lowest BCUT2D eigenvalue weighted by atomic mass is 10.0. The molecule has 6 rings (SSSR count). The number of methoxy groups -OCH3 is 2. The van der Waals surface area contributed by atoms with E-state index in [1.165, 1.54) is 14.2 Å². The average Bonchev–Trinajstić information content (AvgIpc) is 3.81. The summed E-state index contributed by atoms with van der Waals surface area (Å²) in [5, 5.41) is 5.43. The van der Waals surface area contributed by atoms with Crippen LogP contribution in [0.3, 0.4) is 0 Å². The van der Waals surface area contributed by atoms with Crippen LogP contribution >= 0.6 is 22.7 Å². The first-order valence-electron chi connectivity index (χ1n) is 12.5. The summed E-state index contributed by atoms with van der Waals surface area (Å²) in [6, 6.07) is 21.3. The van der Waals surface area contributed by atoms with Crippen molar-refractivity contribution in [2.24, 2.45) is 9.98 Å². The summed E-state index contributed by atoms with van der Waals surface area (Å²) < 4.78 is 22.9. The van der Waals surface area contributed by atoms with Gasteiger partial charge in [-0.05, 0) is 71.4 Å². The molecule has 10 heteroatoms. The van der Waals surface area contributed by atoms with Gasteiger partial charge in [0.25, 0.3) is 0 Å². The number of thiophene rings is 2. The Kier molecular flexibility index (Phi) is 7.32. The number of rotatable bonds is 8. The topological polar surface area (TPSA) is 95.8 Å². The van der Waals surface area contributed by atoms with Crippen LogP contribution in [0, 0.1) is 0 Å². The third-order valence-corrected chi connectivity index (χ3v) is 8.12. The van der Waals surface area contributed by atoms with Gasteiger partial charge in [0.15, 0.2) is 11.5 Å². The number of nitrogens with zero attached hydrogens (tertiary/aromatic N) is 2. The van der Waals surface area contributed by atoms with Crippen LogP contribution in [0.1, 0.15) is 20.7 Å². The minimum Gasteiger partial charge on any atom is -0.465 e. The molecule has 0 fully saturated rings. The number of carbonyl (C=O) groups is 2. The van der Waals surface area contributed by atoms with E-state index >= 15 is 0 Å². The number of hydrogen-bond donors (Lipinski definition) is 0. The van der Waals surface area contributed by atoms with Gasteiger partial charge < -0.3 is 18.9 Å². The van der Waals surface area contributed by atoms with E-state index in [0.717, 1.165) is 31.6 Å². The quantitative estimate of drug-likeness (QED) is 0.194. The maximum absolute atomic E-state index is 12.0. The fourth-order valence-corrected chi connectivity index (χ4v) is 5.98. The summed E-state index contributed by atoms with van der Waals surface area (Å²) >= 11 is 3.11. The molecule has 0 saturated carbocycles. The molecule has 1 aliphatic heterocycles. The van der Waals surface area contributed by atoms with E-state index in [4.69, 9.17) is 28.9 Å². The molecule has 0 saturated heterocycles. The van der Waals surface area contributed by atoms with Crippen molar-refractivity contribution in [3.05, 3.63) is 105 Å². The zero-order valence-corrected chi connectivity index (χ0v) is 23.6. The predicted molar refractivity (Wildman–Crippen MR) is 156 cm³/mol. The number of esters is 2. The first kappa shape index (κ1) is 26.4. The minimum absolute atomic E-state index is 0.288. The summed E-state index contributed by atoms with van der Waals surface area (Å²) in [4.78, 5) is 35.4. The number of carbonyl (C=O) groups excluding carboxylic acids is 2. The summed E-state index contributed by atoms with van der Waals surface area (Å²) in [7, 11) is 2.68. The van der Waals surface area contributed by atoms with Crippen LogP contribution < -0.4 is 20.2 Å². The molecule has 5 aromatic rings. The molecule has 0 N–H and O–H groups in total. The van der Waals surface area contributed by atoms with Crippen LogP contribution in [0.2, 0.25) is 0 Å². The molecule has 204 valence electrons. The third-order valence-electron chi connectivity index (χ3n) is 6.34. The van der Waals surface area contributed by atoms with E-state index in [-0.39, 0.29) is 6.67 Å². The molecule has 8 nitrogen and oxygen atoms in total. The van der Waals surface area contributed by atoms with Gasteiger partial charge in [-0.1, -0.05) is 12.1 Å². The Balaban J connectivity index is 1.58. The van der Waals surface area contributed by atoms with Crippen molar-refractivity contribution in [2.75, 3.05) is 20.9 Å². The Morgan fingerprint density at radius 1 is 0.634 bits per heavy atom. The molecule has 0 bridgehead atoms. The molecule has 3 heterocycles. The molecule has 0 radical (unpaired) electrons. The Bertz CT molecular complexity index is 1710. The Morgan fingerprint density at radius 3 is 1.39 bits per heavy atom. The highest BCUT2D eigenvalue weighted by Crippen LogP contribution is 2.47. The Hall–Kier alpha value is -4.80. The average molecular weight is 583 g/mol. The third kappa shape index (κ3) is 5.10. The fraction of sp³-hybridized carbons (Fsp3) is 0.0968. The first-order valence-corrected chi connectivity index (χ1v) is 14.2. The van der Waals surface area contributed by atoms with Crippen molar-refractivity contribution in [2.45, 2.75) is 0 Å². The number of hydrogen-bond acceptors (Lipinski definition) is 10. The number of fused-ring (bicyclic) bond motifs is 1. The van der Waals surface area contributed by atoms with Crippen molar-refractivity contribution in [1.82, 2.24) is 0 Å². The van der Waals surface area contributed by atoms with Gasteiger partial charge >= 0.3 is 11.9 Å². The van der Waals surface area contributed by atoms with Crippen molar-refractivity contribution >= 4 is 34.6 Å². The highest BCUT2D eigenvalue weighted by atomic mass is 32.1. The van der Waals surface area contributed by atoms with Gasteiger partial charge in [-0.25, -0.2) is 9.59 Å². The SMILES string of the molecule is COC(=O)c1ccc(Oc2c(Oc3ccc(C(=O)OC)cc3)c(-c3cccs3)c3c(c2-c2cccs2)=NCN=3)cc1. The smallest absolute Gasteiger partial charge is 0.337 e. The van der Waals surface area contributed by atoms with Gasteiger partial charge in [0.05, 0.1) is 47.2 Å². The molecular weight excluding hydrogens is 560 g/mol. The number of ether oxygens (including phenoxy) is 4. The molecule has 0 spiro atoms. The van der Waals surface area contributed by atoms with Crippen molar-refractivity contribution in [1.29, 1.82) is 0 Å². The first-order chi connectivity index (χ1) is 20.1. The summed E-state index contributed by atoms with van der Waals surface area (Å²) in [5.41, 5.74) is 2.33. The van der Waals surface area contributed by atoms with Gasteiger partial charge in [0.1, 0.15) is 18.2 Å².